The molecule has 0 aliphatic carbocycles. The highest BCUT2D eigenvalue weighted by atomic mass is 16.5. The number of carbonyl (C=O) groups excluding carboxylic acids is 6. The van der Waals surface area contributed by atoms with Gasteiger partial charge in [0.1, 0.15) is 27.7 Å². The SMILES string of the molecule is CC(C)C[C@H](N)C(=O)N1C[C@H](CCCB(O)O)[C@](N)(C(=O)O)C1.NC(=O)CC[C@H](N)C(=O)N1C[C@H](CCCB(O)O)[C@](N)(C(=O)O)C1.NCCC[C@H](N)C(=O)N1C[C@H](CCCB(O)O)[C@](N)(C(=O)O)C1.N[C@@H](CC(=O)O)C(=O)N1C[C@H](CCCB(O)O)[C@](N)(C(=O)O)C1.N[C@@]1(C(=O)O)CN(C(=O)[C@H]2CCCOC2)C[C@@H]1CCCB(O)O. The number of carbonyl (C=O) groups is 12. The molecule has 0 aromatic carbocycles. The molecule has 0 spiro atoms. The van der Waals surface area contributed by atoms with Crippen LogP contribution in [0.3, 0.4) is 0 Å². The van der Waals surface area contributed by atoms with E-state index in [0.717, 1.165) is 12.8 Å². The van der Waals surface area contributed by atoms with Crippen LogP contribution >= 0.6 is 0 Å². The second-order valence-electron chi connectivity index (χ2n) is 31.9. The van der Waals surface area contributed by atoms with Gasteiger partial charge in [0.25, 0.3) is 0 Å². The number of ether oxygens (including phenoxy) is 1. The van der Waals surface area contributed by atoms with Crippen molar-refractivity contribution in [2.45, 2.75) is 213 Å². The number of nitrogens with zero attached hydrogens (tertiary/aromatic N) is 5. The molecule has 6 aliphatic heterocycles. The monoisotopic (exact) mass is 1660 g/mol. The normalized spacial score (nSPS) is 26.4. The van der Waals surface area contributed by atoms with Crippen LogP contribution in [-0.4, -0.2) is 349 Å². The van der Waals surface area contributed by atoms with E-state index in [0.29, 0.717) is 110 Å². The number of amides is 6. The number of carboxylic acid groups (broad SMARTS) is 6. The molecular weight excluding hydrogens is 1530 g/mol. The Morgan fingerprint density at radius 1 is 0.414 bits per heavy atom. The highest BCUT2D eigenvalue weighted by Gasteiger charge is 2.56. The molecule has 0 radical (unpaired) electrons. The van der Waals surface area contributed by atoms with Gasteiger partial charge in [-0.1, -0.05) is 46.0 Å². The van der Waals surface area contributed by atoms with E-state index in [1.807, 2.05) is 13.8 Å². The van der Waals surface area contributed by atoms with Gasteiger partial charge >= 0.3 is 71.4 Å². The highest BCUT2D eigenvalue weighted by Crippen LogP contribution is 2.37. The predicted octanol–water partition coefficient (Wildman–Crippen LogP) is -10.3. The fourth-order valence-corrected chi connectivity index (χ4v) is 15.1. The fourth-order valence-electron chi connectivity index (χ4n) is 15.1. The molecule has 50 heteroatoms. The van der Waals surface area contributed by atoms with Gasteiger partial charge in [-0.2, -0.15) is 0 Å². The number of hydrogen-bond acceptors (Lipinski definition) is 33. The maximum absolute atomic E-state index is 12.6. The van der Waals surface area contributed by atoms with Crippen LogP contribution in [0.25, 0.3) is 0 Å². The molecule has 6 amide bonds. The lowest BCUT2D eigenvalue weighted by atomic mass is 9.78. The first-order valence-electron chi connectivity index (χ1n) is 39.0. The number of likely N-dealkylation sites (tertiary alicyclic amines) is 5. The minimum absolute atomic E-state index is 0.00991. The Morgan fingerprint density at radius 2 is 0.690 bits per heavy atom. The summed E-state index contributed by atoms with van der Waals surface area (Å²) in [6.07, 6.45) is 7.10. The van der Waals surface area contributed by atoms with Gasteiger partial charge in [-0.15, -0.1) is 0 Å². The Bertz CT molecular complexity index is 3210. The van der Waals surface area contributed by atoms with Crippen LogP contribution in [0.15, 0.2) is 0 Å². The number of aliphatic carboxylic acids is 6. The first-order chi connectivity index (χ1) is 53.8. The van der Waals surface area contributed by atoms with E-state index in [-0.39, 0.29) is 133 Å². The number of primary amides is 1. The molecule has 0 saturated carbocycles. The van der Waals surface area contributed by atoms with Gasteiger partial charge in [-0.05, 0) is 115 Å². The van der Waals surface area contributed by atoms with Gasteiger partial charge in [-0.3, -0.25) is 57.5 Å². The Hall–Kier alpha value is -6.88. The van der Waals surface area contributed by atoms with E-state index in [1.54, 1.807) is 0 Å². The first kappa shape index (κ1) is 105. The molecule has 116 heavy (non-hydrogen) atoms. The van der Waals surface area contributed by atoms with Crippen LogP contribution < -0.4 is 63.1 Å². The lowest BCUT2D eigenvalue weighted by Gasteiger charge is -2.27. The molecule has 6 fully saturated rings. The third-order valence-corrected chi connectivity index (χ3v) is 22.1. The summed E-state index contributed by atoms with van der Waals surface area (Å²) in [6.45, 7) is 5.66. The van der Waals surface area contributed by atoms with Crippen LogP contribution in [0.5, 0.6) is 0 Å². The third kappa shape index (κ3) is 32.3. The second kappa shape index (κ2) is 49.0. The summed E-state index contributed by atoms with van der Waals surface area (Å²) in [6, 6.07) is -3.59. The maximum Gasteiger partial charge on any atom is 0.451 e. The molecule has 6 aliphatic rings. The van der Waals surface area contributed by atoms with Crippen molar-refractivity contribution in [3.8, 4) is 0 Å². The lowest BCUT2D eigenvalue weighted by Crippen LogP contribution is -2.55. The van der Waals surface area contributed by atoms with E-state index in [1.165, 1.54) is 24.5 Å². The summed E-state index contributed by atoms with van der Waals surface area (Å²) in [5.74, 6) is -11.9. The van der Waals surface area contributed by atoms with Crippen molar-refractivity contribution in [2.24, 2.45) is 104 Å². The number of hydrogen-bond donors (Lipinski definition) is 27. The lowest BCUT2D eigenvalue weighted by molar-refractivity contribution is -0.146. The number of rotatable bonds is 40. The van der Waals surface area contributed by atoms with Crippen molar-refractivity contribution in [3.63, 3.8) is 0 Å². The van der Waals surface area contributed by atoms with Gasteiger partial charge in [0.05, 0.1) is 43.1 Å². The standard InChI is InChI=1S/C14H28BN3O5.C14H25BN2O6.C13H25BN4O6.C13H27BN4O5.C12H22BN3O7/c1-9(2)6-11(16)12(19)18-7-10(4-3-5-15(22)23)14(17,8-18)13(20)21;16-14(13(19)20)9-17(7-11(14)4-1-5-15(21)22)12(18)10-3-2-6-23-8-10;15-9(3-4-10(16)19)11(20)18-6-8(2-1-5-14(23)24)13(17,7-18)12(21)22;15-6-2-4-10(16)11(19)18-7-9(3-1-5-14(22)23)13(17,8-18)12(20)21;14-8(4-9(17)18)10(19)16-5-7(2-1-3-13(22)23)12(15,6-16)11(20)21/h9-11,22-23H,3-8,16-17H2,1-2H3,(H,20,21);10-11,21-22H,1-9,16H2,(H,19,20);8-9,23-24H,1-7,15,17H2,(H2,16,19)(H,21,22);9-10,22-23H,1-8,15-17H2,(H,20,21);7-8,22-23H,1-6,14-15H2,(H,17,18)(H,20,21)/t2*10-,11-,14-;8-,9-,13-;9-,10-,13-;7-,8-,12-/m00000/s1. The van der Waals surface area contributed by atoms with Gasteiger partial charge in [0, 0.05) is 108 Å². The van der Waals surface area contributed by atoms with Crippen LogP contribution in [0, 0.1) is 41.4 Å². The summed E-state index contributed by atoms with van der Waals surface area (Å²) in [5, 5.41) is 145. The quantitative estimate of drug-likeness (QED) is 0.0253. The minimum atomic E-state index is -1.67. The zero-order valence-corrected chi connectivity index (χ0v) is 66.2. The van der Waals surface area contributed by atoms with Crippen molar-refractivity contribution < 1.29 is 143 Å². The zero-order valence-electron chi connectivity index (χ0n) is 66.2. The molecule has 6 saturated heterocycles. The van der Waals surface area contributed by atoms with Crippen LogP contribution in [-0.2, 0) is 62.3 Å². The van der Waals surface area contributed by atoms with Crippen molar-refractivity contribution in [2.75, 3.05) is 85.2 Å². The molecule has 0 unspecified atom stereocenters. The highest BCUT2D eigenvalue weighted by molar-refractivity contribution is 6.42. The largest absolute Gasteiger partial charge is 0.481 e. The Balaban J connectivity index is 0.000000492. The topological polar surface area (TPSA) is 840 Å². The van der Waals surface area contributed by atoms with Gasteiger partial charge in [-0.25, -0.2) is 0 Å². The van der Waals surface area contributed by atoms with Gasteiger partial charge in [0.15, 0.2) is 0 Å². The molecule has 6 rings (SSSR count). The zero-order chi connectivity index (χ0) is 88.7. The number of carboxylic acids is 6. The third-order valence-electron chi connectivity index (χ3n) is 22.1. The summed E-state index contributed by atoms with van der Waals surface area (Å²) in [4.78, 5) is 148. The van der Waals surface area contributed by atoms with Gasteiger partial charge < -0.3 is 173 Å². The molecule has 45 nitrogen and oxygen atoms in total. The van der Waals surface area contributed by atoms with E-state index in [9.17, 15) is 83.1 Å². The van der Waals surface area contributed by atoms with Crippen molar-refractivity contribution in [1.29, 1.82) is 0 Å². The van der Waals surface area contributed by atoms with Crippen LogP contribution in [0.4, 0.5) is 0 Å². The summed E-state index contributed by atoms with van der Waals surface area (Å²) >= 11 is 0. The van der Waals surface area contributed by atoms with Crippen molar-refractivity contribution >= 4 is 107 Å². The Kier molecular flexibility index (Phi) is 44.4. The molecule has 0 aromatic rings. The first-order valence-corrected chi connectivity index (χ1v) is 39.0. The van der Waals surface area contributed by atoms with E-state index < -0.39 is 177 Å². The summed E-state index contributed by atoms with van der Waals surface area (Å²) in [5.41, 5.74) is 55.6. The molecule has 660 valence electrons. The fraction of sp³-hybridized carbons (Fsp3) is 0.818. The maximum atomic E-state index is 12.6. The average Bonchev–Trinajstić information content (AvgIpc) is 1.65. The van der Waals surface area contributed by atoms with Gasteiger partial charge in [0.2, 0.25) is 35.4 Å². The smallest absolute Gasteiger partial charge is 0.451 e. The summed E-state index contributed by atoms with van der Waals surface area (Å²) in [7, 11) is -7.23. The predicted molar refractivity (Wildman–Crippen MR) is 418 cm³/mol. The number of nitrogens with two attached hydrogens (primary N) is 11. The van der Waals surface area contributed by atoms with E-state index in [2.05, 4.69) is 0 Å². The molecule has 38 N–H and O–H groups in total. The van der Waals surface area contributed by atoms with Crippen molar-refractivity contribution in [3.05, 3.63) is 0 Å². The molecule has 15 atom stereocenters. The Morgan fingerprint density at radius 3 is 0.940 bits per heavy atom. The van der Waals surface area contributed by atoms with E-state index >= 15 is 0 Å². The molecular formula is C66H127B5N16O29. The minimum Gasteiger partial charge on any atom is -0.481 e. The molecule has 0 bridgehead atoms. The average molecular weight is 1660 g/mol. The van der Waals surface area contributed by atoms with Crippen LogP contribution in [0.2, 0.25) is 31.6 Å². The Labute approximate surface area is 674 Å². The second-order valence-corrected chi connectivity index (χ2v) is 31.9. The van der Waals surface area contributed by atoms with Crippen molar-refractivity contribution in [1.82, 2.24) is 24.5 Å². The molecule has 0 aromatic heterocycles. The van der Waals surface area contributed by atoms with E-state index in [4.69, 9.17) is 123 Å². The van der Waals surface area contributed by atoms with Crippen LogP contribution in [0.1, 0.15) is 129 Å². The molecule has 6 heterocycles. The summed E-state index contributed by atoms with van der Waals surface area (Å²) < 4.78 is 5.33.